The minimum atomic E-state index is -0.527. The quantitative estimate of drug-likeness (QED) is 0.871. The van der Waals surface area contributed by atoms with Crippen molar-refractivity contribution in [2.45, 2.75) is 31.9 Å². The van der Waals surface area contributed by atoms with Crippen molar-refractivity contribution in [2.24, 2.45) is 0 Å². The van der Waals surface area contributed by atoms with Gasteiger partial charge in [-0.1, -0.05) is 6.92 Å². The summed E-state index contributed by atoms with van der Waals surface area (Å²) < 4.78 is 32.5. The van der Waals surface area contributed by atoms with Crippen molar-refractivity contribution >= 4 is 0 Å². The predicted octanol–water partition coefficient (Wildman–Crippen LogP) is 2.21. The molecule has 2 unspecified atom stereocenters. The molecular weight excluding hydrogens is 274 g/mol. The van der Waals surface area contributed by atoms with Crippen molar-refractivity contribution in [1.29, 1.82) is 0 Å². The first kappa shape index (κ1) is 16.3. The zero-order chi connectivity index (χ0) is 15.2. The maximum Gasteiger partial charge on any atom is 0.126 e. The van der Waals surface area contributed by atoms with Crippen LogP contribution in [0.4, 0.5) is 8.78 Å². The van der Waals surface area contributed by atoms with E-state index in [0.717, 1.165) is 32.1 Å². The van der Waals surface area contributed by atoms with Gasteiger partial charge in [-0.2, -0.15) is 0 Å². The lowest BCUT2D eigenvalue weighted by atomic mass is 9.99. The Morgan fingerprint density at radius 3 is 2.67 bits per heavy atom. The molecule has 5 heteroatoms. The third-order valence-corrected chi connectivity index (χ3v) is 3.78. The van der Waals surface area contributed by atoms with Crippen LogP contribution in [-0.4, -0.2) is 50.3 Å². The van der Waals surface area contributed by atoms with Crippen LogP contribution in [0.2, 0.25) is 0 Å². The van der Waals surface area contributed by atoms with E-state index in [-0.39, 0.29) is 12.1 Å². The number of nitrogens with zero attached hydrogens (tertiary/aromatic N) is 1. The van der Waals surface area contributed by atoms with Crippen molar-refractivity contribution in [3.05, 3.63) is 35.4 Å². The van der Waals surface area contributed by atoms with E-state index in [1.54, 1.807) is 0 Å². The summed E-state index contributed by atoms with van der Waals surface area (Å²) in [5.41, 5.74) is 0.665. The van der Waals surface area contributed by atoms with Crippen LogP contribution in [-0.2, 0) is 11.2 Å². The smallest absolute Gasteiger partial charge is 0.126 e. The van der Waals surface area contributed by atoms with E-state index < -0.39 is 11.6 Å². The molecule has 1 aliphatic heterocycles. The molecule has 1 heterocycles. The largest absolute Gasteiger partial charge is 0.374 e. The van der Waals surface area contributed by atoms with Crippen molar-refractivity contribution in [3.8, 4) is 0 Å². The van der Waals surface area contributed by atoms with Crippen LogP contribution in [0.3, 0.4) is 0 Å². The van der Waals surface area contributed by atoms with Crippen LogP contribution in [0.1, 0.15) is 18.9 Å². The van der Waals surface area contributed by atoms with Crippen LogP contribution >= 0.6 is 0 Å². The molecule has 0 aromatic heterocycles. The summed E-state index contributed by atoms with van der Waals surface area (Å²) in [6.07, 6.45) is 1.62. The van der Waals surface area contributed by atoms with Gasteiger partial charge < -0.3 is 15.0 Å². The van der Waals surface area contributed by atoms with Gasteiger partial charge in [0.1, 0.15) is 11.6 Å². The Hall–Kier alpha value is -1.04. The molecule has 1 aromatic carbocycles. The molecule has 1 saturated heterocycles. The van der Waals surface area contributed by atoms with Gasteiger partial charge in [0.05, 0.1) is 12.7 Å². The number of benzene rings is 1. The third kappa shape index (κ3) is 5.02. The molecule has 1 fully saturated rings. The summed E-state index contributed by atoms with van der Waals surface area (Å²) in [5.74, 6) is -1.05. The van der Waals surface area contributed by atoms with Crippen LogP contribution in [0.25, 0.3) is 0 Å². The topological polar surface area (TPSA) is 24.5 Å². The van der Waals surface area contributed by atoms with Gasteiger partial charge in [0, 0.05) is 25.2 Å². The van der Waals surface area contributed by atoms with Crippen LogP contribution in [0, 0.1) is 11.6 Å². The standard InChI is InChI=1S/C16H24F2N2O/c1-3-4-19-15(16-11-20(2)5-6-21-16)9-12-7-13(17)10-14(18)8-12/h7-8,10,15-16,19H,3-6,9,11H2,1-2H3. The molecule has 0 radical (unpaired) electrons. The minimum absolute atomic E-state index is 0.0432. The average molecular weight is 298 g/mol. The fourth-order valence-corrected chi connectivity index (χ4v) is 2.70. The van der Waals surface area contributed by atoms with E-state index in [1.165, 1.54) is 12.1 Å². The molecule has 1 N–H and O–H groups in total. The number of hydrogen-bond donors (Lipinski definition) is 1. The Morgan fingerprint density at radius 1 is 1.33 bits per heavy atom. The monoisotopic (exact) mass is 298 g/mol. The Bertz CT molecular complexity index is 436. The molecule has 0 bridgehead atoms. The Balaban J connectivity index is 2.07. The SMILES string of the molecule is CCCNC(Cc1cc(F)cc(F)c1)C1CN(C)CCO1. The molecule has 1 aromatic rings. The lowest BCUT2D eigenvalue weighted by Crippen LogP contribution is -2.52. The van der Waals surface area contributed by atoms with E-state index in [1.807, 2.05) is 0 Å². The number of hydrogen-bond acceptors (Lipinski definition) is 3. The lowest BCUT2D eigenvalue weighted by Gasteiger charge is -2.35. The fraction of sp³-hybridized carbons (Fsp3) is 0.625. The molecule has 3 nitrogen and oxygen atoms in total. The normalized spacial score (nSPS) is 21.4. The third-order valence-electron chi connectivity index (χ3n) is 3.78. The van der Waals surface area contributed by atoms with Crippen molar-refractivity contribution < 1.29 is 13.5 Å². The summed E-state index contributed by atoms with van der Waals surface area (Å²) in [5, 5.41) is 3.45. The van der Waals surface area contributed by atoms with Gasteiger partial charge in [0.15, 0.2) is 0 Å². The van der Waals surface area contributed by atoms with Crippen LogP contribution in [0.15, 0.2) is 18.2 Å². The Labute approximate surface area is 125 Å². The van der Waals surface area contributed by atoms with Crippen molar-refractivity contribution in [2.75, 3.05) is 33.3 Å². The van der Waals surface area contributed by atoms with E-state index in [4.69, 9.17) is 4.74 Å². The van der Waals surface area contributed by atoms with Gasteiger partial charge in [-0.25, -0.2) is 8.78 Å². The molecule has 0 aliphatic carbocycles. The average Bonchev–Trinajstić information content (AvgIpc) is 2.42. The highest BCUT2D eigenvalue weighted by molar-refractivity contribution is 5.19. The molecule has 0 saturated carbocycles. The van der Waals surface area contributed by atoms with Gasteiger partial charge >= 0.3 is 0 Å². The first-order chi connectivity index (χ1) is 10.1. The van der Waals surface area contributed by atoms with Crippen LogP contribution < -0.4 is 5.32 Å². The molecule has 21 heavy (non-hydrogen) atoms. The van der Waals surface area contributed by atoms with E-state index in [9.17, 15) is 8.78 Å². The number of rotatable bonds is 6. The zero-order valence-corrected chi connectivity index (χ0v) is 12.7. The molecule has 2 atom stereocenters. The molecule has 2 rings (SSSR count). The van der Waals surface area contributed by atoms with E-state index >= 15 is 0 Å². The summed E-state index contributed by atoms with van der Waals surface area (Å²) >= 11 is 0. The van der Waals surface area contributed by atoms with E-state index in [2.05, 4.69) is 24.2 Å². The molecule has 118 valence electrons. The number of morpholine rings is 1. The van der Waals surface area contributed by atoms with Crippen molar-refractivity contribution in [3.63, 3.8) is 0 Å². The maximum absolute atomic E-state index is 13.3. The van der Waals surface area contributed by atoms with Gasteiger partial charge in [-0.15, -0.1) is 0 Å². The van der Waals surface area contributed by atoms with Crippen LogP contribution in [0.5, 0.6) is 0 Å². The second-order valence-corrected chi connectivity index (χ2v) is 5.71. The molecular formula is C16H24F2N2O. The van der Waals surface area contributed by atoms with Gasteiger partial charge in [0.25, 0.3) is 0 Å². The molecule has 0 amide bonds. The van der Waals surface area contributed by atoms with Gasteiger partial charge in [0.2, 0.25) is 0 Å². The zero-order valence-electron chi connectivity index (χ0n) is 12.7. The second kappa shape index (κ2) is 7.82. The summed E-state index contributed by atoms with van der Waals surface area (Å²) in [7, 11) is 2.06. The Kier molecular flexibility index (Phi) is 6.08. The molecule has 0 spiro atoms. The molecule has 1 aliphatic rings. The van der Waals surface area contributed by atoms with E-state index in [0.29, 0.717) is 18.6 Å². The highest BCUT2D eigenvalue weighted by atomic mass is 19.1. The lowest BCUT2D eigenvalue weighted by molar-refractivity contribution is -0.0384. The van der Waals surface area contributed by atoms with Gasteiger partial charge in [-0.05, 0) is 44.1 Å². The van der Waals surface area contributed by atoms with Crippen molar-refractivity contribution in [1.82, 2.24) is 10.2 Å². The highest BCUT2D eigenvalue weighted by Gasteiger charge is 2.26. The number of halogens is 2. The first-order valence-corrected chi connectivity index (χ1v) is 7.57. The predicted molar refractivity (Wildman–Crippen MR) is 79.4 cm³/mol. The summed E-state index contributed by atoms with van der Waals surface area (Å²) in [6.45, 7) is 5.42. The second-order valence-electron chi connectivity index (χ2n) is 5.71. The number of nitrogens with one attached hydrogen (secondary N) is 1. The summed E-state index contributed by atoms with van der Waals surface area (Å²) in [4.78, 5) is 2.22. The Morgan fingerprint density at radius 2 is 2.05 bits per heavy atom. The van der Waals surface area contributed by atoms with Gasteiger partial charge in [-0.3, -0.25) is 0 Å². The minimum Gasteiger partial charge on any atom is -0.374 e. The fourth-order valence-electron chi connectivity index (χ4n) is 2.70. The number of likely N-dealkylation sites (N-methyl/N-ethyl adjacent to an activating group) is 1. The summed E-state index contributed by atoms with van der Waals surface area (Å²) in [6, 6.07) is 3.77. The maximum atomic E-state index is 13.3. The highest BCUT2D eigenvalue weighted by Crippen LogP contribution is 2.15. The number of ether oxygens (including phenoxy) is 1. The first-order valence-electron chi connectivity index (χ1n) is 7.57.